The van der Waals surface area contributed by atoms with Gasteiger partial charge in [-0.05, 0) is 18.2 Å². The number of hydrogen-bond donors (Lipinski definition) is 2. The van der Waals surface area contributed by atoms with E-state index < -0.39 is 35.7 Å². The van der Waals surface area contributed by atoms with Crippen molar-refractivity contribution in [2.45, 2.75) is 11.8 Å². The molecule has 8 heteroatoms. The van der Waals surface area contributed by atoms with E-state index in [2.05, 4.69) is 0 Å². The molecule has 1 aromatic carbocycles. The Morgan fingerprint density at radius 3 is 2.56 bits per heavy atom. The highest BCUT2D eigenvalue weighted by Gasteiger charge is 2.61. The van der Waals surface area contributed by atoms with E-state index in [-0.39, 0.29) is 5.69 Å². The topological polar surface area (TPSA) is 66.6 Å². The highest BCUT2D eigenvalue weighted by atomic mass is 19.4. The van der Waals surface area contributed by atoms with Crippen LogP contribution in [0.2, 0.25) is 0 Å². The molecule has 98 valence electrons. The lowest BCUT2D eigenvalue weighted by atomic mass is 9.95. The van der Waals surface area contributed by atoms with Gasteiger partial charge in [0.05, 0.1) is 12.2 Å². The van der Waals surface area contributed by atoms with Gasteiger partial charge in [-0.15, -0.1) is 0 Å². The number of anilines is 1. The van der Waals surface area contributed by atoms with Crippen molar-refractivity contribution in [3.05, 3.63) is 29.6 Å². The summed E-state index contributed by atoms with van der Waals surface area (Å²) in [5, 5.41) is 9.68. The van der Waals surface area contributed by atoms with Crippen molar-refractivity contribution >= 4 is 11.7 Å². The summed E-state index contributed by atoms with van der Waals surface area (Å²) in [6, 6.07) is 1.25. The Morgan fingerprint density at radius 2 is 2.06 bits per heavy atom. The third kappa shape index (κ3) is 1.60. The zero-order valence-electron chi connectivity index (χ0n) is 8.83. The molecule has 0 radical (unpaired) electrons. The molecule has 4 nitrogen and oxygen atoms in total. The zero-order valence-corrected chi connectivity index (χ0v) is 8.83. The maximum absolute atomic E-state index is 13.0. The van der Waals surface area contributed by atoms with Crippen LogP contribution in [0.15, 0.2) is 18.2 Å². The summed E-state index contributed by atoms with van der Waals surface area (Å²) in [6.45, 7) is -1.08. The van der Waals surface area contributed by atoms with Crippen LogP contribution in [0, 0.1) is 5.82 Å². The standard InChI is InChI=1S/C10H8F4N2O2/c11-5-1-2-7-6(3-5)9(18,10(12,13)14)4-16(7)8(15)17/h1-3,18H,4H2,(H2,15,17). The third-order valence-electron chi connectivity index (χ3n) is 2.82. The molecule has 0 fully saturated rings. The molecule has 0 bridgehead atoms. The molecule has 0 saturated heterocycles. The Hall–Kier alpha value is -1.83. The van der Waals surface area contributed by atoms with E-state index in [0.717, 1.165) is 12.1 Å². The molecule has 2 rings (SSSR count). The molecule has 1 unspecified atom stereocenters. The Morgan fingerprint density at radius 1 is 1.44 bits per heavy atom. The van der Waals surface area contributed by atoms with Crippen LogP contribution >= 0.6 is 0 Å². The number of rotatable bonds is 0. The molecule has 2 amide bonds. The van der Waals surface area contributed by atoms with Gasteiger partial charge in [0.15, 0.2) is 0 Å². The normalized spacial score (nSPS) is 23.1. The Bertz CT molecular complexity index is 517. The molecule has 0 aromatic heterocycles. The van der Waals surface area contributed by atoms with Crippen LogP contribution in [0.1, 0.15) is 5.56 Å². The van der Waals surface area contributed by atoms with Gasteiger partial charge in [-0.2, -0.15) is 13.2 Å². The number of carbonyl (C=O) groups excluding carboxylic acids is 1. The van der Waals surface area contributed by atoms with Crippen LogP contribution in [0.5, 0.6) is 0 Å². The van der Waals surface area contributed by atoms with Gasteiger partial charge >= 0.3 is 12.2 Å². The van der Waals surface area contributed by atoms with Crippen LogP contribution < -0.4 is 10.6 Å². The highest BCUT2D eigenvalue weighted by Crippen LogP contribution is 2.48. The zero-order chi connectivity index (χ0) is 13.7. The quantitative estimate of drug-likeness (QED) is 0.697. The van der Waals surface area contributed by atoms with Gasteiger partial charge in [0.1, 0.15) is 5.82 Å². The molecule has 1 heterocycles. The lowest BCUT2D eigenvalue weighted by Crippen LogP contribution is -2.48. The van der Waals surface area contributed by atoms with Crippen LogP contribution in [-0.2, 0) is 5.60 Å². The molecular weight excluding hydrogens is 256 g/mol. The van der Waals surface area contributed by atoms with Gasteiger partial charge in [0.25, 0.3) is 0 Å². The van der Waals surface area contributed by atoms with Crippen molar-refractivity contribution in [1.29, 1.82) is 0 Å². The van der Waals surface area contributed by atoms with Crippen molar-refractivity contribution in [1.82, 2.24) is 0 Å². The lowest BCUT2D eigenvalue weighted by Gasteiger charge is -2.26. The highest BCUT2D eigenvalue weighted by molar-refractivity contribution is 5.93. The molecule has 0 saturated carbocycles. The van der Waals surface area contributed by atoms with Crippen molar-refractivity contribution < 1.29 is 27.5 Å². The molecular formula is C10H8F4N2O2. The molecule has 1 atom stereocenters. The van der Waals surface area contributed by atoms with Gasteiger partial charge in [0, 0.05) is 5.56 Å². The van der Waals surface area contributed by atoms with E-state index in [1.807, 2.05) is 0 Å². The number of alkyl halides is 3. The van der Waals surface area contributed by atoms with Crippen LogP contribution in [0.4, 0.5) is 28.0 Å². The summed E-state index contributed by atoms with van der Waals surface area (Å²) >= 11 is 0. The molecule has 1 aromatic rings. The molecule has 18 heavy (non-hydrogen) atoms. The number of urea groups is 1. The summed E-state index contributed by atoms with van der Waals surface area (Å²) in [6.07, 6.45) is -5.04. The van der Waals surface area contributed by atoms with Gasteiger partial charge in [-0.25, -0.2) is 9.18 Å². The number of benzene rings is 1. The van der Waals surface area contributed by atoms with Gasteiger partial charge < -0.3 is 10.8 Å². The number of β-amino-alcohol motifs (C(OH)–C–C–N with tert-alkyl or cyclic N) is 1. The minimum Gasteiger partial charge on any atom is -0.375 e. The largest absolute Gasteiger partial charge is 0.423 e. The number of aliphatic hydroxyl groups is 1. The number of halogens is 4. The summed E-state index contributed by atoms with van der Waals surface area (Å²) in [7, 11) is 0. The fourth-order valence-corrected chi connectivity index (χ4v) is 1.91. The molecule has 0 aliphatic carbocycles. The number of carbonyl (C=O) groups is 1. The molecule has 0 spiro atoms. The van der Waals surface area contributed by atoms with Crippen molar-refractivity contribution in [3.8, 4) is 0 Å². The van der Waals surface area contributed by atoms with Gasteiger partial charge in [-0.3, -0.25) is 4.90 Å². The second-order valence-electron chi connectivity index (χ2n) is 3.94. The number of fused-ring (bicyclic) bond motifs is 1. The minimum atomic E-state index is -5.04. The number of nitrogens with two attached hydrogens (primary N) is 1. The second-order valence-corrected chi connectivity index (χ2v) is 3.94. The van der Waals surface area contributed by atoms with E-state index in [1.54, 1.807) is 0 Å². The second kappa shape index (κ2) is 3.58. The number of amides is 2. The van der Waals surface area contributed by atoms with E-state index in [4.69, 9.17) is 5.73 Å². The SMILES string of the molecule is NC(=O)N1CC(O)(C(F)(F)F)c2cc(F)ccc21. The first-order valence-electron chi connectivity index (χ1n) is 4.83. The molecule has 3 N–H and O–H groups in total. The van der Waals surface area contributed by atoms with Crippen LogP contribution in [-0.4, -0.2) is 23.9 Å². The smallest absolute Gasteiger partial charge is 0.375 e. The maximum Gasteiger partial charge on any atom is 0.423 e. The average Bonchev–Trinajstić information content (AvgIpc) is 2.53. The fraction of sp³-hybridized carbons (Fsp3) is 0.300. The Balaban J connectivity index is 2.65. The van der Waals surface area contributed by atoms with Crippen LogP contribution in [0.25, 0.3) is 0 Å². The number of nitrogens with zero attached hydrogens (tertiary/aromatic N) is 1. The molecule has 1 aliphatic rings. The lowest BCUT2D eigenvalue weighted by molar-refractivity contribution is -0.258. The van der Waals surface area contributed by atoms with E-state index in [0.29, 0.717) is 11.0 Å². The maximum atomic E-state index is 13.0. The Kier molecular flexibility index (Phi) is 2.51. The first-order valence-corrected chi connectivity index (χ1v) is 4.83. The van der Waals surface area contributed by atoms with E-state index >= 15 is 0 Å². The first-order chi connectivity index (χ1) is 8.17. The monoisotopic (exact) mass is 264 g/mol. The van der Waals surface area contributed by atoms with Crippen molar-refractivity contribution in [2.24, 2.45) is 5.73 Å². The minimum absolute atomic E-state index is 0.247. The van der Waals surface area contributed by atoms with Crippen LogP contribution in [0.3, 0.4) is 0 Å². The number of primary amides is 1. The summed E-state index contributed by atoms with van der Waals surface area (Å²) < 4.78 is 51.5. The first kappa shape index (κ1) is 12.6. The summed E-state index contributed by atoms with van der Waals surface area (Å²) in [5.74, 6) is -0.942. The summed E-state index contributed by atoms with van der Waals surface area (Å²) in [5.41, 5.74) is 0.663. The number of hydrogen-bond acceptors (Lipinski definition) is 2. The average molecular weight is 264 g/mol. The Labute approximate surface area is 98.6 Å². The van der Waals surface area contributed by atoms with Gasteiger partial charge in [-0.1, -0.05) is 0 Å². The fourth-order valence-electron chi connectivity index (χ4n) is 1.91. The predicted molar refractivity (Wildman–Crippen MR) is 53.3 cm³/mol. The van der Waals surface area contributed by atoms with E-state index in [1.165, 1.54) is 0 Å². The third-order valence-corrected chi connectivity index (χ3v) is 2.82. The summed E-state index contributed by atoms with van der Waals surface area (Å²) in [4.78, 5) is 11.6. The molecule has 1 aliphatic heterocycles. The van der Waals surface area contributed by atoms with Crippen molar-refractivity contribution in [3.63, 3.8) is 0 Å². The van der Waals surface area contributed by atoms with E-state index in [9.17, 15) is 27.5 Å². The van der Waals surface area contributed by atoms with Gasteiger partial charge in [0.2, 0.25) is 5.60 Å². The predicted octanol–water partition coefficient (Wildman–Crippen LogP) is 1.47. The van der Waals surface area contributed by atoms with Crippen molar-refractivity contribution in [2.75, 3.05) is 11.4 Å².